The fourth-order valence-electron chi connectivity index (χ4n) is 2.39. The largest absolute Gasteiger partial charge is 0.299 e. The number of amides is 2. The number of anilines is 2. The molecule has 24 heavy (non-hydrogen) atoms. The first-order chi connectivity index (χ1) is 11.4. The van der Waals surface area contributed by atoms with Crippen molar-refractivity contribution in [1.29, 1.82) is 0 Å². The highest BCUT2D eigenvalue weighted by atomic mass is 32.1. The zero-order valence-electron chi connectivity index (χ0n) is 13.5. The molecule has 0 radical (unpaired) electrons. The minimum Gasteiger partial charge on any atom is -0.299 e. The van der Waals surface area contributed by atoms with Crippen LogP contribution in [0.4, 0.5) is 10.8 Å². The first-order valence-corrected chi connectivity index (χ1v) is 8.28. The van der Waals surface area contributed by atoms with Gasteiger partial charge in [-0.3, -0.25) is 24.6 Å². The molecule has 0 spiro atoms. The van der Waals surface area contributed by atoms with E-state index in [2.05, 4.69) is 15.5 Å². The van der Waals surface area contributed by atoms with E-state index in [-0.39, 0.29) is 12.5 Å². The smallest absolute Gasteiger partial charge is 0.299 e. The van der Waals surface area contributed by atoms with Crippen LogP contribution in [0.1, 0.15) is 40.7 Å². The van der Waals surface area contributed by atoms with E-state index in [0.29, 0.717) is 16.4 Å². The lowest BCUT2D eigenvalue weighted by molar-refractivity contribution is -0.118. The Balaban J connectivity index is 1.75. The second-order valence-electron chi connectivity index (χ2n) is 5.89. The number of rotatable bonds is 4. The van der Waals surface area contributed by atoms with Crippen molar-refractivity contribution in [1.82, 2.24) is 10.2 Å². The van der Waals surface area contributed by atoms with Gasteiger partial charge in [0.2, 0.25) is 11.0 Å². The molecule has 8 heteroatoms. The molecule has 2 aromatic rings. The summed E-state index contributed by atoms with van der Waals surface area (Å²) in [5, 5.41) is 11.7. The van der Waals surface area contributed by atoms with Crippen LogP contribution >= 0.6 is 11.3 Å². The Morgan fingerprint density at radius 3 is 2.71 bits per heavy atom. The molecule has 1 aromatic heterocycles. The highest BCUT2D eigenvalue weighted by Gasteiger charge is 2.36. The minimum atomic E-state index is -0.689. The highest BCUT2D eigenvalue weighted by Crippen LogP contribution is 2.29. The van der Waals surface area contributed by atoms with Crippen LogP contribution in [0.2, 0.25) is 0 Å². The van der Waals surface area contributed by atoms with Crippen molar-refractivity contribution >= 4 is 39.8 Å². The maximum absolute atomic E-state index is 12.2. The Kier molecular flexibility index (Phi) is 4.15. The van der Waals surface area contributed by atoms with Gasteiger partial charge in [-0.05, 0) is 19.1 Å². The number of hydrogen-bond donors (Lipinski definition) is 1. The summed E-state index contributed by atoms with van der Waals surface area (Å²) in [7, 11) is 0. The van der Waals surface area contributed by atoms with Crippen LogP contribution in [-0.2, 0) is 9.59 Å². The summed E-state index contributed by atoms with van der Waals surface area (Å²) in [5.41, 5.74) is 1.69. The number of carbonyl (C=O) groups excluding carboxylic acids is 3. The highest BCUT2D eigenvalue weighted by molar-refractivity contribution is 7.15. The number of hydrogen-bond acceptors (Lipinski definition) is 6. The average Bonchev–Trinajstić information content (AvgIpc) is 3.07. The first kappa shape index (κ1) is 16.3. The number of benzene rings is 1. The molecule has 0 atom stereocenters. The number of nitrogens with zero attached hydrogens (tertiary/aromatic N) is 3. The summed E-state index contributed by atoms with van der Waals surface area (Å²) in [5.74, 6) is -1.47. The van der Waals surface area contributed by atoms with Crippen molar-refractivity contribution in [3.63, 3.8) is 0 Å². The predicted molar refractivity (Wildman–Crippen MR) is 90.5 cm³/mol. The van der Waals surface area contributed by atoms with Gasteiger partial charge in [-0.25, -0.2) is 0 Å². The molecule has 1 N–H and O–H groups in total. The summed E-state index contributed by atoms with van der Waals surface area (Å²) >= 11 is 1.29. The number of ketones is 1. The third-order valence-electron chi connectivity index (χ3n) is 3.61. The summed E-state index contributed by atoms with van der Waals surface area (Å²) in [6.07, 6.45) is 0. The van der Waals surface area contributed by atoms with Gasteiger partial charge >= 0.3 is 0 Å². The van der Waals surface area contributed by atoms with E-state index in [0.717, 1.165) is 10.6 Å². The third-order valence-corrected chi connectivity index (χ3v) is 4.75. The molecule has 1 aromatic carbocycles. The zero-order valence-corrected chi connectivity index (χ0v) is 14.3. The van der Waals surface area contributed by atoms with Gasteiger partial charge in [-0.1, -0.05) is 36.8 Å². The summed E-state index contributed by atoms with van der Waals surface area (Å²) < 4.78 is 0. The molecule has 2 amide bonds. The Morgan fingerprint density at radius 2 is 2.04 bits per heavy atom. The second-order valence-corrected chi connectivity index (χ2v) is 6.90. The number of nitrogens with one attached hydrogen (secondary N) is 1. The number of carbonyl (C=O) groups is 3. The molecule has 7 nitrogen and oxygen atoms in total. The van der Waals surface area contributed by atoms with E-state index in [4.69, 9.17) is 0 Å². The monoisotopic (exact) mass is 344 g/mol. The molecule has 2 heterocycles. The molecule has 0 fully saturated rings. The molecule has 0 aliphatic carbocycles. The maximum atomic E-state index is 12.2. The van der Waals surface area contributed by atoms with E-state index in [9.17, 15) is 14.4 Å². The summed E-state index contributed by atoms with van der Waals surface area (Å²) in [4.78, 5) is 37.6. The number of fused-ring (bicyclic) bond motifs is 1. The SMILES string of the molecule is Cc1ccc2c(c1)C(=O)C(=O)N2CC(=O)Nc1nnc(C(C)C)s1. The van der Waals surface area contributed by atoms with E-state index < -0.39 is 17.6 Å². The lowest BCUT2D eigenvalue weighted by atomic mass is 10.1. The predicted octanol–water partition coefficient (Wildman–Crippen LogP) is 2.14. The van der Waals surface area contributed by atoms with Crippen LogP contribution in [0, 0.1) is 6.92 Å². The van der Waals surface area contributed by atoms with Crippen LogP contribution in [-0.4, -0.2) is 34.3 Å². The minimum absolute atomic E-state index is 0.223. The molecular weight excluding hydrogens is 328 g/mol. The number of Topliss-reactive ketones (excluding diaryl/α,β-unsaturated/α-hetero) is 1. The molecule has 1 aliphatic rings. The molecule has 0 unspecified atom stereocenters. The summed E-state index contributed by atoms with van der Waals surface area (Å²) in [6, 6.07) is 5.14. The second kappa shape index (κ2) is 6.12. The van der Waals surface area contributed by atoms with Crippen molar-refractivity contribution in [3.8, 4) is 0 Å². The van der Waals surface area contributed by atoms with Gasteiger partial charge in [0, 0.05) is 5.92 Å². The van der Waals surface area contributed by atoms with Crippen LogP contribution in [0.25, 0.3) is 0 Å². The lowest BCUT2D eigenvalue weighted by Gasteiger charge is -2.15. The van der Waals surface area contributed by atoms with Gasteiger partial charge in [-0.15, -0.1) is 10.2 Å². The Labute approximate surface area is 142 Å². The summed E-state index contributed by atoms with van der Waals surface area (Å²) in [6.45, 7) is 5.57. The van der Waals surface area contributed by atoms with Gasteiger partial charge in [0.25, 0.3) is 11.7 Å². The van der Waals surface area contributed by atoms with Gasteiger partial charge in [-0.2, -0.15) is 0 Å². The number of aryl methyl sites for hydroxylation is 1. The molecule has 0 saturated carbocycles. The van der Waals surface area contributed by atoms with E-state index in [1.54, 1.807) is 18.2 Å². The standard InChI is InChI=1S/C16H16N4O3S/c1-8(2)14-18-19-16(24-14)17-12(21)7-20-11-5-4-9(3)6-10(11)13(22)15(20)23/h4-6,8H,7H2,1-3H3,(H,17,19,21). The molecule has 0 bridgehead atoms. The van der Waals surface area contributed by atoms with Crippen LogP contribution in [0.3, 0.4) is 0 Å². The number of aromatic nitrogens is 2. The van der Waals surface area contributed by atoms with E-state index >= 15 is 0 Å². The Hall–Kier alpha value is -2.61. The van der Waals surface area contributed by atoms with Gasteiger partial charge in [0.15, 0.2) is 0 Å². The van der Waals surface area contributed by atoms with Crippen molar-refractivity contribution in [3.05, 3.63) is 34.3 Å². The first-order valence-electron chi connectivity index (χ1n) is 7.47. The quantitative estimate of drug-likeness (QED) is 0.858. The fraction of sp³-hybridized carbons (Fsp3) is 0.312. The van der Waals surface area contributed by atoms with Crippen LogP contribution in [0.15, 0.2) is 18.2 Å². The fourth-order valence-corrected chi connectivity index (χ4v) is 3.15. The van der Waals surface area contributed by atoms with Crippen molar-refractivity contribution in [2.24, 2.45) is 0 Å². The van der Waals surface area contributed by atoms with Crippen molar-refractivity contribution in [2.45, 2.75) is 26.7 Å². The van der Waals surface area contributed by atoms with E-state index in [1.165, 1.54) is 16.2 Å². The van der Waals surface area contributed by atoms with E-state index in [1.807, 2.05) is 20.8 Å². The van der Waals surface area contributed by atoms with Crippen LogP contribution in [0.5, 0.6) is 0 Å². The molecule has 1 aliphatic heterocycles. The molecular formula is C16H16N4O3S. The average molecular weight is 344 g/mol. The van der Waals surface area contributed by atoms with Gasteiger partial charge in [0.1, 0.15) is 11.6 Å². The normalized spacial score (nSPS) is 13.6. The maximum Gasteiger partial charge on any atom is 0.299 e. The lowest BCUT2D eigenvalue weighted by Crippen LogP contribution is -2.37. The molecule has 124 valence electrons. The van der Waals surface area contributed by atoms with Crippen LogP contribution < -0.4 is 10.2 Å². The zero-order chi connectivity index (χ0) is 17.4. The van der Waals surface area contributed by atoms with Gasteiger partial charge < -0.3 is 0 Å². The van der Waals surface area contributed by atoms with Crippen molar-refractivity contribution in [2.75, 3.05) is 16.8 Å². The Morgan fingerprint density at radius 1 is 1.29 bits per heavy atom. The Bertz CT molecular complexity index is 844. The molecule has 0 saturated heterocycles. The molecule has 3 rings (SSSR count). The van der Waals surface area contributed by atoms with Crippen molar-refractivity contribution < 1.29 is 14.4 Å². The van der Waals surface area contributed by atoms with Gasteiger partial charge in [0.05, 0.1) is 11.3 Å². The topological polar surface area (TPSA) is 92.3 Å². The third kappa shape index (κ3) is 2.92.